The fraction of sp³-hybridized carbons (Fsp3) is 0.118. The summed E-state index contributed by atoms with van der Waals surface area (Å²) in [5.41, 5.74) is 1.70. The Kier molecular flexibility index (Phi) is 4.34. The van der Waals surface area contributed by atoms with Gasteiger partial charge < -0.3 is 9.47 Å². The van der Waals surface area contributed by atoms with Crippen LogP contribution >= 0.6 is 11.3 Å². The molecule has 0 aliphatic heterocycles. The molecule has 2 aromatic carbocycles. The standard InChI is InChI=1S/C17H14FNO2S/c1-20-15-8-4-2-6-13(15)17-19-12(11-22-17)10-21-16-9-5-3-7-14(16)18/h2-9,11H,10H2,1H3. The lowest BCUT2D eigenvalue weighted by Crippen LogP contribution is -1.97. The van der Waals surface area contributed by atoms with Crippen molar-refractivity contribution in [1.29, 1.82) is 0 Å². The zero-order valence-corrected chi connectivity index (χ0v) is 12.8. The van der Waals surface area contributed by atoms with E-state index >= 15 is 0 Å². The van der Waals surface area contributed by atoms with E-state index in [9.17, 15) is 4.39 Å². The van der Waals surface area contributed by atoms with E-state index in [-0.39, 0.29) is 18.2 Å². The predicted octanol–water partition coefficient (Wildman–Crippen LogP) is 4.54. The summed E-state index contributed by atoms with van der Waals surface area (Å²) in [7, 11) is 1.63. The lowest BCUT2D eigenvalue weighted by atomic mass is 10.2. The van der Waals surface area contributed by atoms with Crippen LogP contribution in [-0.4, -0.2) is 12.1 Å². The molecule has 5 heteroatoms. The number of aromatic nitrogens is 1. The highest BCUT2D eigenvalue weighted by molar-refractivity contribution is 7.13. The van der Waals surface area contributed by atoms with E-state index in [1.807, 2.05) is 29.6 Å². The van der Waals surface area contributed by atoms with Crippen LogP contribution in [0.2, 0.25) is 0 Å². The highest BCUT2D eigenvalue weighted by Crippen LogP contribution is 2.32. The topological polar surface area (TPSA) is 31.4 Å². The molecular formula is C17H14FNO2S. The number of hydrogen-bond acceptors (Lipinski definition) is 4. The van der Waals surface area contributed by atoms with Gasteiger partial charge in [0.05, 0.1) is 18.4 Å². The first kappa shape index (κ1) is 14.5. The van der Waals surface area contributed by atoms with Gasteiger partial charge >= 0.3 is 0 Å². The van der Waals surface area contributed by atoms with Crippen molar-refractivity contribution in [2.45, 2.75) is 6.61 Å². The molecule has 0 aliphatic rings. The monoisotopic (exact) mass is 315 g/mol. The number of ether oxygens (including phenoxy) is 2. The molecule has 0 bridgehead atoms. The molecule has 3 nitrogen and oxygen atoms in total. The third-order valence-electron chi connectivity index (χ3n) is 3.10. The molecule has 112 valence electrons. The maximum absolute atomic E-state index is 13.5. The van der Waals surface area contributed by atoms with E-state index < -0.39 is 0 Å². The first-order valence-corrected chi connectivity index (χ1v) is 7.61. The van der Waals surface area contributed by atoms with Crippen LogP contribution in [0.1, 0.15) is 5.69 Å². The van der Waals surface area contributed by atoms with Crippen molar-refractivity contribution in [3.63, 3.8) is 0 Å². The largest absolute Gasteiger partial charge is 0.496 e. The van der Waals surface area contributed by atoms with E-state index in [1.165, 1.54) is 17.4 Å². The third kappa shape index (κ3) is 3.09. The van der Waals surface area contributed by atoms with Gasteiger partial charge in [-0.15, -0.1) is 11.3 Å². The lowest BCUT2D eigenvalue weighted by Gasteiger charge is -2.05. The molecule has 0 aliphatic carbocycles. The molecule has 0 saturated carbocycles. The van der Waals surface area contributed by atoms with Crippen LogP contribution in [0.5, 0.6) is 11.5 Å². The van der Waals surface area contributed by atoms with E-state index in [0.29, 0.717) is 0 Å². The normalized spacial score (nSPS) is 10.5. The first-order valence-electron chi connectivity index (χ1n) is 6.73. The van der Waals surface area contributed by atoms with E-state index in [1.54, 1.807) is 25.3 Å². The van der Waals surface area contributed by atoms with Gasteiger partial charge in [-0.1, -0.05) is 24.3 Å². The number of halogens is 1. The van der Waals surface area contributed by atoms with E-state index in [2.05, 4.69) is 4.98 Å². The summed E-state index contributed by atoms with van der Waals surface area (Å²) in [6.45, 7) is 0.229. The Hall–Kier alpha value is -2.40. The maximum Gasteiger partial charge on any atom is 0.165 e. The van der Waals surface area contributed by atoms with E-state index in [0.717, 1.165) is 22.0 Å². The minimum Gasteiger partial charge on any atom is -0.496 e. The summed E-state index contributed by atoms with van der Waals surface area (Å²) in [6.07, 6.45) is 0. The average Bonchev–Trinajstić information content (AvgIpc) is 3.03. The van der Waals surface area contributed by atoms with Gasteiger partial charge in [0.1, 0.15) is 17.4 Å². The molecular weight excluding hydrogens is 301 g/mol. The zero-order valence-electron chi connectivity index (χ0n) is 12.0. The van der Waals surface area contributed by atoms with Crippen LogP contribution in [0.15, 0.2) is 53.9 Å². The van der Waals surface area contributed by atoms with Gasteiger partial charge in [0, 0.05) is 5.38 Å². The Balaban J connectivity index is 1.75. The van der Waals surface area contributed by atoms with Gasteiger partial charge in [-0.2, -0.15) is 0 Å². The van der Waals surface area contributed by atoms with Crippen LogP contribution in [0.4, 0.5) is 4.39 Å². The van der Waals surface area contributed by atoms with Crippen molar-refractivity contribution in [1.82, 2.24) is 4.98 Å². The molecule has 0 N–H and O–H groups in total. The molecule has 3 aromatic rings. The van der Waals surface area contributed by atoms with Crippen molar-refractivity contribution in [2.24, 2.45) is 0 Å². The van der Waals surface area contributed by atoms with Gasteiger partial charge in [0.2, 0.25) is 0 Å². The highest BCUT2D eigenvalue weighted by Gasteiger charge is 2.10. The van der Waals surface area contributed by atoms with Crippen LogP contribution in [0.25, 0.3) is 10.6 Å². The molecule has 0 saturated heterocycles. The number of methoxy groups -OCH3 is 1. The Morgan fingerprint density at radius 2 is 1.77 bits per heavy atom. The molecule has 0 amide bonds. The summed E-state index contributed by atoms with van der Waals surface area (Å²) in [5.74, 6) is 0.635. The number of nitrogens with zero attached hydrogens (tertiary/aromatic N) is 1. The molecule has 0 spiro atoms. The molecule has 0 radical (unpaired) electrons. The number of para-hydroxylation sites is 2. The second-order valence-electron chi connectivity index (χ2n) is 4.56. The molecule has 0 fully saturated rings. The molecule has 1 heterocycles. The molecule has 0 unspecified atom stereocenters. The lowest BCUT2D eigenvalue weighted by molar-refractivity contribution is 0.287. The third-order valence-corrected chi connectivity index (χ3v) is 4.03. The van der Waals surface area contributed by atoms with Crippen LogP contribution in [0, 0.1) is 5.82 Å². The number of benzene rings is 2. The van der Waals surface area contributed by atoms with Gasteiger partial charge in [-0.3, -0.25) is 0 Å². The predicted molar refractivity (Wildman–Crippen MR) is 84.8 cm³/mol. The van der Waals surface area contributed by atoms with Crippen molar-refractivity contribution in [3.8, 4) is 22.1 Å². The molecule has 3 rings (SSSR count). The Morgan fingerprint density at radius 1 is 1.05 bits per heavy atom. The van der Waals surface area contributed by atoms with Crippen molar-refractivity contribution in [3.05, 3.63) is 65.4 Å². The summed E-state index contributed by atoms with van der Waals surface area (Å²) in [4.78, 5) is 4.52. The zero-order chi connectivity index (χ0) is 15.4. The Morgan fingerprint density at radius 3 is 2.55 bits per heavy atom. The summed E-state index contributed by atoms with van der Waals surface area (Å²) < 4.78 is 24.3. The summed E-state index contributed by atoms with van der Waals surface area (Å²) >= 11 is 1.51. The second-order valence-corrected chi connectivity index (χ2v) is 5.42. The van der Waals surface area contributed by atoms with Crippen LogP contribution in [-0.2, 0) is 6.61 Å². The number of hydrogen-bond donors (Lipinski definition) is 0. The first-order chi connectivity index (χ1) is 10.8. The molecule has 0 atom stereocenters. The number of thiazole rings is 1. The fourth-order valence-corrected chi connectivity index (χ4v) is 2.87. The second kappa shape index (κ2) is 6.58. The van der Waals surface area contributed by atoms with Gasteiger partial charge in [-0.05, 0) is 24.3 Å². The van der Waals surface area contributed by atoms with Crippen LogP contribution in [0.3, 0.4) is 0 Å². The Bertz CT molecular complexity index is 773. The van der Waals surface area contributed by atoms with Crippen LogP contribution < -0.4 is 9.47 Å². The van der Waals surface area contributed by atoms with Crippen molar-refractivity contribution < 1.29 is 13.9 Å². The summed E-state index contributed by atoms with van der Waals surface area (Å²) in [5, 5.41) is 2.76. The van der Waals surface area contributed by atoms with Gasteiger partial charge in [-0.25, -0.2) is 9.37 Å². The smallest absolute Gasteiger partial charge is 0.165 e. The number of rotatable bonds is 5. The average molecular weight is 315 g/mol. The molecule has 1 aromatic heterocycles. The summed E-state index contributed by atoms with van der Waals surface area (Å²) in [6, 6.07) is 14.0. The SMILES string of the molecule is COc1ccccc1-c1nc(COc2ccccc2F)cs1. The highest BCUT2D eigenvalue weighted by atomic mass is 32.1. The molecule has 22 heavy (non-hydrogen) atoms. The van der Waals surface area contributed by atoms with E-state index in [4.69, 9.17) is 9.47 Å². The van der Waals surface area contributed by atoms with Crippen molar-refractivity contribution in [2.75, 3.05) is 7.11 Å². The van der Waals surface area contributed by atoms with Crippen molar-refractivity contribution >= 4 is 11.3 Å². The Labute approximate surface area is 132 Å². The maximum atomic E-state index is 13.5. The minimum atomic E-state index is -0.373. The van der Waals surface area contributed by atoms with Gasteiger partial charge in [0.25, 0.3) is 0 Å². The van der Waals surface area contributed by atoms with Gasteiger partial charge in [0.15, 0.2) is 11.6 Å². The fourth-order valence-electron chi connectivity index (χ4n) is 2.03. The minimum absolute atomic E-state index is 0.229. The quantitative estimate of drug-likeness (QED) is 0.693.